The van der Waals surface area contributed by atoms with E-state index in [1.54, 1.807) is 0 Å². The average Bonchev–Trinajstić information content (AvgIpc) is 2.40. The first-order valence-electron chi connectivity index (χ1n) is 7.59. The van der Waals surface area contributed by atoms with Crippen LogP contribution in [0.4, 0.5) is 0 Å². The van der Waals surface area contributed by atoms with Crippen molar-refractivity contribution in [2.24, 2.45) is 0 Å². The Balaban J connectivity index is 2.33. The lowest BCUT2D eigenvalue weighted by Crippen LogP contribution is -2.36. The Bertz CT molecular complexity index is 375. The second-order valence-electron chi connectivity index (χ2n) is 5.61. The van der Waals surface area contributed by atoms with Gasteiger partial charge in [0.25, 0.3) is 0 Å². The van der Waals surface area contributed by atoms with Crippen LogP contribution in [-0.2, 0) is 4.65 Å². The topological polar surface area (TPSA) is 49.7 Å². The smallest absolute Gasteiger partial charge is 0.423 e. The molecule has 0 saturated heterocycles. The van der Waals surface area contributed by atoms with E-state index in [0.717, 1.165) is 35.9 Å². The minimum Gasteiger partial charge on any atom is -0.423 e. The van der Waals surface area contributed by atoms with Crippen LogP contribution in [0.15, 0.2) is 18.2 Å². The number of aliphatic hydroxyl groups is 1. The number of aliphatic hydroxyl groups excluding tert-OH is 1. The minimum atomic E-state index is -0.959. The molecular weight excluding hydrogens is 251 g/mol. The van der Waals surface area contributed by atoms with Gasteiger partial charge in [-0.25, -0.2) is 0 Å². The standard InChI is InChI=1S/C16H27BO3/c1-4-5-6-7-8-16(18)12-20-17(19)15-10-13(2)9-14(3)11-15/h9-11,16,18-19H,4-8,12H2,1-3H3. The molecule has 0 fully saturated rings. The molecule has 0 aliphatic rings. The molecule has 0 amide bonds. The first-order valence-corrected chi connectivity index (χ1v) is 7.59. The van der Waals surface area contributed by atoms with Gasteiger partial charge in [-0.2, -0.15) is 0 Å². The highest BCUT2D eigenvalue weighted by atomic mass is 16.5. The summed E-state index contributed by atoms with van der Waals surface area (Å²) in [5, 5.41) is 19.8. The van der Waals surface area contributed by atoms with Gasteiger partial charge in [0, 0.05) is 0 Å². The van der Waals surface area contributed by atoms with Gasteiger partial charge in [-0.05, 0) is 25.7 Å². The molecule has 0 bridgehead atoms. The van der Waals surface area contributed by atoms with Gasteiger partial charge in [-0.1, -0.05) is 61.9 Å². The third-order valence-electron chi connectivity index (χ3n) is 3.37. The molecule has 112 valence electrons. The van der Waals surface area contributed by atoms with Crippen molar-refractivity contribution < 1.29 is 14.8 Å². The monoisotopic (exact) mass is 278 g/mol. The van der Waals surface area contributed by atoms with Gasteiger partial charge in [0.2, 0.25) is 0 Å². The van der Waals surface area contributed by atoms with Crippen LogP contribution in [0, 0.1) is 13.8 Å². The Morgan fingerprint density at radius 2 is 1.75 bits per heavy atom. The van der Waals surface area contributed by atoms with Crippen molar-refractivity contribution in [3.8, 4) is 0 Å². The number of benzene rings is 1. The van der Waals surface area contributed by atoms with Crippen LogP contribution in [0.5, 0.6) is 0 Å². The molecule has 0 aromatic heterocycles. The largest absolute Gasteiger partial charge is 0.491 e. The number of hydrogen-bond acceptors (Lipinski definition) is 3. The molecule has 2 N–H and O–H groups in total. The van der Waals surface area contributed by atoms with Crippen molar-refractivity contribution in [1.29, 1.82) is 0 Å². The van der Waals surface area contributed by atoms with E-state index < -0.39 is 13.2 Å². The van der Waals surface area contributed by atoms with E-state index >= 15 is 0 Å². The Morgan fingerprint density at radius 1 is 1.10 bits per heavy atom. The van der Waals surface area contributed by atoms with Gasteiger partial charge >= 0.3 is 7.12 Å². The van der Waals surface area contributed by atoms with E-state index in [2.05, 4.69) is 13.0 Å². The molecule has 1 atom stereocenters. The van der Waals surface area contributed by atoms with Crippen LogP contribution in [0.2, 0.25) is 0 Å². The maximum atomic E-state index is 9.99. The summed E-state index contributed by atoms with van der Waals surface area (Å²) in [6.45, 7) is 6.33. The average molecular weight is 278 g/mol. The van der Waals surface area contributed by atoms with Gasteiger partial charge in [0.1, 0.15) is 0 Å². The zero-order valence-electron chi connectivity index (χ0n) is 12.9. The Hall–Kier alpha value is -0.835. The van der Waals surface area contributed by atoms with Crippen molar-refractivity contribution in [3.05, 3.63) is 29.3 Å². The lowest BCUT2D eigenvalue weighted by molar-refractivity contribution is 0.0888. The van der Waals surface area contributed by atoms with Gasteiger partial charge in [-0.3, -0.25) is 0 Å². The fourth-order valence-electron chi connectivity index (χ4n) is 2.34. The Morgan fingerprint density at radius 3 is 2.35 bits per heavy atom. The van der Waals surface area contributed by atoms with Crippen molar-refractivity contribution >= 4 is 12.6 Å². The summed E-state index contributed by atoms with van der Waals surface area (Å²) in [6.07, 6.45) is 4.80. The maximum absolute atomic E-state index is 9.99. The molecule has 0 radical (unpaired) electrons. The SMILES string of the molecule is CCCCCCC(O)COB(O)c1cc(C)cc(C)c1. The Labute approximate surface area is 123 Å². The van der Waals surface area contributed by atoms with E-state index in [9.17, 15) is 10.1 Å². The van der Waals surface area contributed by atoms with Gasteiger partial charge in [0.15, 0.2) is 0 Å². The normalized spacial score (nSPS) is 12.4. The predicted molar refractivity (Wildman–Crippen MR) is 84.2 cm³/mol. The van der Waals surface area contributed by atoms with Gasteiger partial charge < -0.3 is 14.8 Å². The fraction of sp³-hybridized carbons (Fsp3) is 0.625. The summed E-state index contributed by atoms with van der Waals surface area (Å²) < 4.78 is 5.36. The second-order valence-corrected chi connectivity index (χ2v) is 5.61. The van der Waals surface area contributed by atoms with E-state index in [4.69, 9.17) is 4.65 Å². The molecule has 0 heterocycles. The highest BCUT2D eigenvalue weighted by Crippen LogP contribution is 2.06. The molecule has 4 heteroatoms. The predicted octanol–water partition coefficient (Wildman–Crippen LogP) is 2.34. The van der Waals surface area contributed by atoms with E-state index in [1.165, 1.54) is 12.8 Å². The van der Waals surface area contributed by atoms with Crippen LogP contribution in [-0.4, -0.2) is 30.0 Å². The summed E-state index contributed by atoms with van der Waals surface area (Å²) in [5.41, 5.74) is 2.95. The highest BCUT2D eigenvalue weighted by Gasteiger charge is 2.18. The van der Waals surface area contributed by atoms with E-state index in [0.29, 0.717) is 0 Å². The van der Waals surface area contributed by atoms with Crippen molar-refractivity contribution in [1.82, 2.24) is 0 Å². The third kappa shape index (κ3) is 6.55. The molecule has 0 aliphatic heterocycles. The van der Waals surface area contributed by atoms with Gasteiger partial charge in [-0.15, -0.1) is 0 Å². The summed E-state index contributed by atoms with van der Waals surface area (Å²) in [5.74, 6) is 0. The van der Waals surface area contributed by atoms with Crippen LogP contribution in [0.1, 0.15) is 50.2 Å². The lowest BCUT2D eigenvalue weighted by atomic mass is 9.78. The quantitative estimate of drug-likeness (QED) is 0.538. The zero-order valence-corrected chi connectivity index (χ0v) is 12.9. The van der Waals surface area contributed by atoms with Crippen molar-refractivity contribution in [3.63, 3.8) is 0 Å². The molecule has 0 aliphatic carbocycles. The third-order valence-corrected chi connectivity index (χ3v) is 3.37. The molecule has 0 spiro atoms. The molecule has 1 aromatic rings. The molecule has 1 unspecified atom stereocenters. The summed E-state index contributed by atoms with van der Waals surface area (Å²) in [7, 11) is -0.959. The lowest BCUT2D eigenvalue weighted by Gasteiger charge is -2.14. The summed E-state index contributed by atoms with van der Waals surface area (Å²) in [4.78, 5) is 0. The first-order chi connectivity index (χ1) is 9.52. The minimum absolute atomic E-state index is 0.181. The number of unbranched alkanes of at least 4 members (excludes halogenated alkanes) is 3. The molecule has 0 saturated carbocycles. The van der Waals surface area contributed by atoms with Crippen molar-refractivity contribution in [2.45, 2.75) is 59.0 Å². The molecule has 1 rings (SSSR count). The first kappa shape index (κ1) is 17.2. The zero-order chi connectivity index (χ0) is 15.0. The van der Waals surface area contributed by atoms with Crippen LogP contribution < -0.4 is 5.46 Å². The van der Waals surface area contributed by atoms with E-state index in [1.807, 2.05) is 26.0 Å². The summed E-state index contributed by atoms with van der Waals surface area (Å²) in [6, 6.07) is 5.87. The number of rotatable bonds is 9. The van der Waals surface area contributed by atoms with Crippen molar-refractivity contribution in [2.75, 3.05) is 6.61 Å². The number of hydrogen-bond donors (Lipinski definition) is 2. The number of aryl methyl sites for hydroxylation is 2. The van der Waals surface area contributed by atoms with Gasteiger partial charge in [0.05, 0.1) is 12.7 Å². The van der Waals surface area contributed by atoms with Crippen LogP contribution in [0.25, 0.3) is 0 Å². The molecule has 1 aromatic carbocycles. The summed E-state index contributed by atoms with van der Waals surface area (Å²) >= 11 is 0. The van der Waals surface area contributed by atoms with Crippen LogP contribution in [0.3, 0.4) is 0 Å². The highest BCUT2D eigenvalue weighted by molar-refractivity contribution is 6.60. The van der Waals surface area contributed by atoms with E-state index in [-0.39, 0.29) is 6.61 Å². The second kappa shape index (κ2) is 9.17. The molecule has 20 heavy (non-hydrogen) atoms. The Kier molecular flexibility index (Phi) is 7.89. The fourth-order valence-corrected chi connectivity index (χ4v) is 2.34. The maximum Gasteiger partial charge on any atom is 0.491 e. The molecule has 3 nitrogen and oxygen atoms in total. The van der Waals surface area contributed by atoms with Crippen LogP contribution >= 0.6 is 0 Å². The molecular formula is C16H27BO3.